The number of halogens is 1. The number of para-hydroxylation sites is 1. The van der Waals surface area contributed by atoms with Gasteiger partial charge in [-0.3, -0.25) is 0 Å². The lowest BCUT2D eigenvalue weighted by Gasteiger charge is -2.19. The average Bonchev–Trinajstić information content (AvgIpc) is 3.15. The van der Waals surface area contributed by atoms with E-state index in [1.165, 1.54) is 38.1 Å². The zero-order valence-corrected chi connectivity index (χ0v) is 16.3. The molecule has 27 heavy (non-hydrogen) atoms. The molecule has 1 aliphatic heterocycles. The summed E-state index contributed by atoms with van der Waals surface area (Å²) in [5, 5.41) is 2.38. The molecule has 0 amide bonds. The Kier molecular flexibility index (Phi) is 7.07. The van der Waals surface area contributed by atoms with Gasteiger partial charge in [0, 0.05) is 12.8 Å². The zero-order valence-electron chi connectivity index (χ0n) is 16.3. The third kappa shape index (κ3) is 5.21. The van der Waals surface area contributed by atoms with Crippen molar-refractivity contribution in [2.75, 3.05) is 26.7 Å². The fourth-order valence-electron chi connectivity index (χ4n) is 3.96. The maximum atomic E-state index is 13.1. The van der Waals surface area contributed by atoms with Gasteiger partial charge in [-0.25, -0.2) is 4.39 Å². The summed E-state index contributed by atoms with van der Waals surface area (Å²) < 4.78 is 24.7. The molecule has 0 aliphatic carbocycles. The van der Waals surface area contributed by atoms with E-state index in [0.717, 1.165) is 41.8 Å². The summed E-state index contributed by atoms with van der Waals surface area (Å²) in [6.07, 6.45) is 2.67. The van der Waals surface area contributed by atoms with Crippen molar-refractivity contribution in [2.24, 2.45) is 0 Å². The zero-order chi connectivity index (χ0) is 19.1. The average molecular weight is 375 g/mol. The Bertz CT molecular complexity index is 721. The molecule has 1 unspecified atom stereocenters. The van der Waals surface area contributed by atoms with Crippen LogP contribution in [0.3, 0.4) is 0 Å². The standard InChI is InChI=1S/C22H29FN2O2/c1-3-25-13-5-7-20(25)15-24-14-18-6-4-8-21(26-2)22(18)27-16-17-9-11-19(23)12-10-17/h4,6,8-12,20,24H,3,5,7,13-16H2,1-2H3/p+2/t20-/m1/s1. The molecule has 2 aromatic carbocycles. The SMILES string of the molecule is CC[NH+]1CCC[C@@H]1C[NH2+]Cc1cccc(OC)c1OCc1ccc(F)cc1. The molecule has 1 saturated heterocycles. The number of hydrogen-bond donors (Lipinski definition) is 2. The molecule has 1 fully saturated rings. The van der Waals surface area contributed by atoms with Crippen molar-refractivity contribution >= 4 is 0 Å². The first-order valence-electron chi connectivity index (χ1n) is 9.90. The molecular formula is C22H31FN2O2+2. The van der Waals surface area contributed by atoms with Gasteiger partial charge in [0.2, 0.25) is 0 Å². The second kappa shape index (κ2) is 9.72. The van der Waals surface area contributed by atoms with Gasteiger partial charge >= 0.3 is 0 Å². The van der Waals surface area contributed by atoms with Gasteiger partial charge in [-0.2, -0.15) is 0 Å². The van der Waals surface area contributed by atoms with Crippen LogP contribution in [0.15, 0.2) is 42.5 Å². The first-order chi connectivity index (χ1) is 13.2. The summed E-state index contributed by atoms with van der Waals surface area (Å²) in [6, 6.07) is 13.2. The van der Waals surface area contributed by atoms with Crippen LogP contribution >= 0.6 is 0 Å². The highest BCUT2D eigenvalue weighted by molar-refractivity contribution is 5.46. The van der Waals surface area contributed by atoms with E-state index in [0.29, 0.717) is 6.61 Å². The number of ether oxygens (including phenoxy) is 2. The van der Waals surface area contributed by atoms with Crippen LogP contribution in [0, 0.1) is 5.82 Å². The van der Waals surface area contributed by atoms with E-state index < -0.39 is 0 Å². The number of nitrogens with one attached hydrogen (secondary N) is 1. The van der Waals surface area contributed by atoms with E-state index in [1.807, 2.05) is 12.1 Å². The van der Waals surface area contributed by atoms with Gasteiger partial charge in [-0.1, -0.05) is 18.2 Å². The second-order valence-corrected chi connectivity index (χ2v) is 7.19. The lowest BCUT2D eigenvalue weighted by atomic mass is 10.1. The normalized spacial score (nSPS) is 19.2. The van der Waals surface area contributed by atoms with Crippen LogP contribution in [0.5, 0.6) is 11.5 Å². The first-order valence-corrected chi connectivity index (χ1v) is 9.90. The van der Waals surface area contributed by atoms with Gasteiger partial charge in [0.05, 0.1) is 25.8 Å². The molecule has 0 aromatic heterocycles. The summed E-state index contributed by atoms with van der Waals surface area (Å²) in [7, 11) is 1.66. The Morgan fingerprint density at radius 1 is 1.19 bits per heavy atom. The monoisotopic (exact) mass is 374 g/mol. The number of quaternary nitrogens is 2. The second-order valence-electron chi connectivity index (χ2n) is 7.19. The van der Waals surface area contributed by atoms with Crippen molar-refractivity contribution in [3.63, 3.8) is 0 Å². The highest BCUT2D eigenvalue weighted by Crippen LogP contribution is 2.31. The summed E-state index contributed by atoms with van der Waals surface area (Å²) in [5.74, 6) is 1.29. The van der Waals surface area contributed by atoms with Crippen molar-refractivity contribution in [3.05, 3.63) is 59.4 Å². The number of benzene rings is 2. The van der Waals surface area contributed by atoms with Gasteiger partial charge in [0.1, 0.15) is 31.6 Å². The Labute approximate surface area is 161 Å². The molecule has 0 radical (unpaired) electrons. The van der Waals surface area contributed by atoms with Crippen molar-refractivity contribution in [1.29, 1.82) is 0 Å². The molecule has 146 valence electrons. The number of rotatable bonds is 9. The smallest absolute Gasteiger partial charge is 0.170 e. The van der Waals surface area contributed by atoms with Crippen LogP contribution < -0.4 is 19.7 Å². The fraction of sp³-hybridized carbons (Fsp3) is 0.455. The van der Waals surface area contributed by atoms with Crippen LogP contribution in [-0.4, -0.2) is 32.8 Å². The van der Waals surface area contributed by atoms with Crippen LogP contribution in [0.4, 0.5) is 4.39 Å². The molecule has 1 aliphatic rings. The van der Waals surface area contributed by atoms with Crippen LogP contribution in [0.2, 0.25) is 0 Å². The predicted molar refractivity (Wildman–Crippen MR) is 104 cm³/mol. The Morgan fingerprint density at radius 2 is 2.00 bits per heavy atom. The van der Waals surface area contributed by atoms with E-state index in [1.54, 1.807) is 24.1 Å². The molecule has 2 atom stereocenters. The van der Waals surface area contributed by atoms with Gasteiger partial charge in [-0.15, -0.1) is 0 Å². The van der Waals surface area contributed by atoms with Crippen LogP contribution in [0.1, 0.15) is 30.9 Å². The van der Waals surface area contributed by atoms with E-state index in [2.05, 4.69) is 18.3 Å². The van der Waals surface area contributed by atoms with E-state index in [9.17, 15) is 4.39 Å². The fourth-order valence-corrected chi connectivity index (χ4v) is 3.96. The molecular weight excluding hydrogens is 343 g/mol. The van der Waals surface area contributed by atoms with Crippen molar-refractivity contribution < 1.29 is 24.1 Å². The minimum atomic E-state index is -0.235. The molecule has 0 bridgehead atoms. The van der Waals surface area contributed by atoms with E-state index >= 15 is 0 Å². The quantitative estimate of drug-likeness (QED) is 0.699. The summed E-state index contributed by atoms with van der Waals surface area (Å²) in [6.45, 7) is 7.19. The molecule has 4 nitrogen and oxygen atoms in total. The largest absolute Gasteiger partial charge is 0.493 e. The predicted octanol–water partition coefficient (Wildman–Crippen LogP) is 1.54. The van der Waals surface area contributed by atoms with Gasteiger partial charge < -0.3 is 19.7 Å². The minimum absolute atomic E-state index is 0.235. The number of nitrogens with two attached hydrogens (primary N) is 1. The van der Waals surface area contributed by atoms with Crippen molar-refractivity contribution in [3.8, 4) is 11.5 Å². The molecule has 0 saturated carbocycles. The van der Waals surface area contributed by atoms with Crippen LogP contribution in [0.25, 0.3) is 0 Å². The first kappa shape index (κ1) is 19.6. The van der Waals surface area contributed by atoms with Gasteiger partial charge in [0.25, 0.3) is 0 Å². The Balaban J connectivity index is 1.63. The summed E-state index contributed by atoms with van der Waals surface area (Å²) in [4.78, 5) is 1.73. The number of likely N-dealkylation sites (tertiary alicyclic amines) is 1. The van der Waals surface area contributed by atoms with Gasteiger partial charge in [0.15, 0.2) is 11.5 Å². The topological polar surface area (TPSA) is 39.5 Å². The van der Waals surface area contributed by atoms with E-state index in [4.69, 9.17) is 9.47 Å². The summed E-state index contributed by atoms with van der Waals surface area (Å²) >= 11 is 0. The van der Waals surface area contributed by atoms with Crippen molar-refractivity contribution in [1.82, 2.24) is 0 Å². The minimum Gasteiger partial charge on any atom is -0.493 e. The summed E-state index contributed by atoms with van der Waals surface area (Å²) in [5.41, 5.74) is 2.07. The Hall–Kier alpha value is -2.11. The maximum absolute atomic E-state index is 13.1. The highest BCUT2D eigenvalue weighted by Gasteiger charge is 2.28. The lowest BCUT2D eigenvalue weighted by Crippen LogP contribution is -3.16. The molecule has 5 heteroatoms. The molecule has 3 N–H and O–H groups in total. The number of likely N-dealkylation sites (N-methyl/N-ethyl adjacent to an activating group) is 1. The third-order valence-electron chi connectivity index (χ3n) is 5.47. The highest BCUT2D eigenvalue weighted by atomic mass is 19.1. The molecule has 3 rings (SSSR count). The molecule has 0 spiro atoms. The van der Waals surface area contributed by atoms with Crippen molar-refractivity contribution in [2.45, 2.75) is 39.0 Å². The van der Waals surface area contributed by atoms with E-state index in [-0.39, 0.29) is 5.82 Å². The van der Waals surface area contributed by atoms with Gasteiger partial charge in [-0.05, 0) is 36.8 Å². The maximum Gasteiger partial charge on any atom is 0.170 e. The lowest BCUT2D eigenvalue weighted by molar-refractivity contribution is -0.925. The number of hydrogen-bond acceptors (Lipinski definition) is 2. The number of methoxy groups -OCH3 is 1. The third-order valence-corrected chi connectivity index (χ3v) is 5.47. The molecule has 1 heterocycles. The Morgan fingerprint density at radius 3 is 2.74 bits per heavy atom. The van der Waals surface area contributed by atoms with Crippen LogP contribution in [-0.2, 0) is 13.2 Å². The molecule has 2 aromatic rings.